The van der Waals surface area contributed by atoms with Gasteiger partial charge in [-0.1, -0.05) is 20.8 Å². The lowest BCUT2D eigenvalue weighted by Gasteiger charge is -2.17. The Bertz CT molecular complexity index is 605. The van der Waals surface area contributed by atoms with Crippen LogP contribution in [0.4, 0.5) is 5.69 Å². The van der Waals surface area contributed by atoms with Crippen LogP contribution in [0.5, 0.6) is 5.75 Å². The molecule has 1 rings (SSSR count). The van der Waals surface area contributed by atoms with Crippen LogP contribution >= 0.6 is 0 Å². The second-order valence-electron chi connectivity index (χ2n) is 6.02. The first kappa shape index (κ1) is 18.5. The number of carbonyl (C=O) groups excluding carboxylic acids is 2. The number of aromatic carboxylic acids is 1. The number of nitrogens with one attached hydrogen (secondary N) is 2. The van der Waals surface area contributed by atoms with Gasteiger partial charge >= 0.3 is 5.97 Å². The summed E-state index contributed by atoms with van der Waals surface area (Å²) in [6, 6.07) is 4.18. The molecular formula is C16H22N2O5. The smallest absolute Gasteiger partial charge is 0.335 e. The van der Waals surface area contributed by atoms with Crippen LogP contribution in [0.2, 0.25) is 0 Å². The maximum absolute atomic E-state index is 11.9. The van der Waals surface area contributed by atoms with Crippen LogP contribution in [0.15, 0.2) is 18.2 Å². The summed E-state index contributed by atoms with van der Waals surface area (Å²) in [5.41, 5.74) is -0.0613. The standard InChI is InChI=1S/C16H22N2O5/c1-16(2,3)15(22)17-8-7-13(19)18-11-6-5-10(14(20)21)9-12(11)23-4/h5-6,9H,7-8H2,1-4H3,(H,17,22)(H,18,19)(H,20,21). The molecule has 0 bridgehead atoms. The van der Waals surface area contributed by atoms with E-state index in [1.54, 1.807) is 20.8 Å². The fourth-order valence-corrected chi connectivity index (χ4v) is 1.69. The summed E-state index contributed by atoms with van der Waals surface area (Å²) >= 11 is 0. The van der Waals surface area contributed by atoms with Gasteiger partial charge in [0.15, 0.2) is 0 Å². The van der Waals surface area contributed by atoms with Crippen molar-refractivity contribution in [2.75, 3.05) is 19.0 Å². The van der Waals surface area contributed by atoms with Crippen LogP contribution in [-0.4, -0.2) is 36.5 Å². The summed E-state index contributed by atoms with van der Waals surface area (Å²) in [5, 5.41) is 14.2. The number of methoxy groups -OCH3 is 1. The third kappa shape index (κ3) is 5.61. The van der Waals surface area contributed by atoms with Gasteiger partial charge in [0.2, 0.25) is 11.8 Å². The van der Waals surface area contributed by atoms with Crippen molar-refractivity contribution in [2.45, 2.75) is 27.2 Å². The first-order valence-corrected chi connectivity index (χ1v) is 7.14. The minimum atomic E-state index is -1.08. The molecule has 0 saturated heterocycles. The molecule has 0 heterocycles. The lowest BCUT2D eigenvalue weighted by molar-refractivity contribution is -0.128. The average molecular weight is 322 g/mol. The van der Waals surface area contributed by atoms with Crippen molar-refractivity contribution in [3.05, 3.63) is 23.8 Å². The van der Waals surface area contributed by atoms with Gasteiger partial charge in [-0.2, -0.15) is 0 Å². The van der Waals surface area contributed by atoms with E-state index < -0.39 is 11.4 Å². The Morgan fingerprint density at radius 1 is 1.22 bits per heavy atom. The van der Waals surface area contributed by atoms with Crippen LogP contribution in [0, 0.1) is 5.41 Å². The zero-order valence-corrected chi connectivity index (χ0v) is 13.7. The van der Waals surface area contributed by atoms with Gasteiger partial charge in [-0.3, -0.25) is 9.59 Å². The fraction of sp³-hybridized carbons (Fsp3) is 0.438. The Labute approximate surface area is 135 Å². The van der Waals surface area contributed by atoms with Crippen molar-refractivity contribution in [1.82, 2.24) is 5.32 Å². The third-order valence-electron chi connectivity index (χ3n) is 3.04. The number of benzene rings is 1. The number of carboxylic acids is 1. The summed E-state index contributed by atoms with van der Waals surface area (Å²) < 4.78 is 5.08. The number of carboxylic acid groups (broad SMARTS) is 1. The van der Waals surface area contributed by atoms with E-state index in [9.17, 15) is 14.4 Å². The maximum Gasteiger partial charge on any atom is 0.335 e. The van der Waals surface area contributed by atoms with Gasteiger partial charge in [0.25, 0.3) is 0 Å². The van der Waals surface area contributed by atoms with E-state index >= 15 is 0 Å². The number of hydrogen-bond acceptors (Lipinski definition) is 4. The molecule has 0 radical (unpaired) electrons. The summed E-state index contributed by atoms with van der Waals surface area (Å²) in [7, 11) is 1.39. The molecule has 0 aliphatic heterocycles. The topological polar surface area (TPSA) is 105 Å². The highest BCUT2D eigenvalue weighted by Gasteiger charge is 2.20. The van der Waals surface area contributed by atoms with Crippen molar-refractivity contribution >= 4 is 23.5 Å². The van der Waals surface area contributed by atoms with Gasteiger partial charge in [0.05, 0.1) is 18.4 Å². The van der Waals surface area contributed by atoms with E-state index in [4.69, 9.17) is 9.84 Å². The molecular weight excluding hydrogens is 300 g/mol. The van der Waals surface area contributed by atoms with E-state index in [0.29, 0.717) is 5.69 Å². The Morgan fingerprint density at radius 2 is 1.87 bits per heavy atom. The molecule has 0 aliphatic carbocycles. The van der Waals surface area contributed by atoms with Crippen molar-refractivity contribution in [1.29, 1.82) is 0 Å². The minimum Gasteiger partial charge on any atom is -0.495 e. The number of amides is 2. The summed E-state index contributed by atoms with van der Waals surface area (Å²) in [5.74, 6) is -1.25. The molecule has 23 heavy (non-hydrogen) atoms. The molecule has 0 aromatic heterocycles. The monoisotopic (exact) mass is 322 g/mol. The zero-order chi connectivity index (χ0) is 17.6. The molecule has 0 atom stereocenters. The predicted octanol–water partition coefficient (Wildman–Crippen LogP) is 1.88. The minimum absolute atomic E-state index is 0.0669. The third-order valence-corrected chi connectivity index (χ3v) is 3.04. The molecule has 2 amide bonds. The summed E-state index contributed by atoms with van der Waals surface area (Å²) in [4.78, 5) is 34.5. The molecule has 0 fully saturated rings. The van der Waals surface area contributed by atoms with Gasteiger partial charge in [-0.25, -0.2) is 4.79 Å². The van der Waals surface area contributed by atoms with Gasteiger partial charge < -0.3 is 20.5 Å². The molecule has 7 nitrogen and oxygen atoms in total. The molecule has 0 saturated carbocycles. The molecule has 3 N–H and O–H groups in total. The lowest BCUT2D eigenvalue weighted by Crippen LogP contribution is -2.36. The normalized spacial score (nSPS) is 10.8. The van der Waals surface area contributed by atoms with E-state index in [-0.39, 0.29) is 36.1 Å². The Balaban J connectivity index is 2.61. The highest BCUT2D eigenvalue weighted by atomic mass is 16.5. The molecule has 0 unspecified atom stereocenters. The van der Waals surface area contributed by atoms with Crippen LogP contribution in [0.3, 0.4) is 0 Å². The maximum atomic E-state index is 11.9. The van der Waals surface area contributed by atoms with Gasteiger partial charge in [0, 0.05) is 18.4 Å². The quantitative estimate of drug-likeness (QED) is 0.742. The van der Waals surface area contributed by atoms with Gasteiger partial charge in [-0.05, 0) is 18.2 Å². The first-order valence-electron chi connectivity index (χ1n) is 7.14. The second kappa shape index (κ2) is 7.62. The predicted molar refractivity (Wildman–Crippen MR) is 85.7 cm³/mol. The van der Waals surface area contributed by atoms with Crippen molar-refractivity contribution < 1.29 is 24.2 Å². The number of rotatable bonds is 6. The molecule has 1 aromatic carbocycles. The SMILES string of the molecule is COc1cc(C(=O)O)ccc1NC(=O)CCNC(=O)C(C)(C)C. The van der Waals surface area contributed by atoms with Crippen molar-refractivity contribution in [2.24, 2.45) is 5.41 Å². The van der Waals surface area contributed by atoms with Crippen molar-refractivity contribution in [3.63, 3.8) is 0 Å². The van der Waals surface area contributed by atoms with E-state index in [1.165, 1.54) is 25.3 Å². The zero-order valence-electron chi connectivity index (χ0n) is 13.7. The first-order chi connectivity index (χ1) is 10.6. The fourth-order valence-electron chi connectivity index (χ4n) is 1.69. The van der Waals surface area contributed by atoms with Crippen LogP contribution < -0.4 is 15.4 Å². The molecule has 1 aromatic rings. The van der Waals surface area contributed by atoms with E-state index in [0.717, 1.165) is 0 Å². The number of hydrogen-bond donors (Lipinski definition) is 3. The van der Waals surface area contributed by atoms with Crippen LogP contribution in [-0.2, 0) is 9.59 Å². The van der Waals surface area contributed by atoms with Crippen LogP contribution in [0.1, 0.15) is 37.6 Å². The molecule has 0 spiro atoms. The van der Waals surface area contributed by atoms with E-state index in [1.807, 2.05) is 0 Å². The van der Waals surface area contributed by atoms with E-state index in [2.05, 4.69) is 10.6 Å². The number of carbonyl (C=O) groups is 3. The summed E-state index contributed by atoms with van der Waals surface area (Å²) in [6.07, 6.45) is 0.103. The highest BCUT2D eigenvalue weighted by Crippen LogP contribution is 2.25. The van der Waals surface area contributed by atoms with Gasteiger partial charge in [-0.15, -0.1) is 0 Å². The van der Waals surface area contributed by atoms with Gasteiger partial charge in [0.1, 0.15) is 5.75 Å². The Morgan fingerprint density at radius 3 is 2.39 bits per heavy atom. The Hall–Kier alpha value is -2.57. The van der Waals surface area contributed by atoms with Crippen molar-refractivity contribution in [3.8, 4) is 5.75 Å². The van der Waals surface area contributed by atoms with Crippen LogP contribution in [0.25, 0.3) is 0 Å². The molecule has 7 heteroatoms. The highest BCUT2D eigenvalue weighted by molar-refractivity contribution is 5.94. The molecule has 0 aliphatic rings. The lowest BCUT2D eigenvalue weighted by atomic mass is 9.96. The second-order valence-corrected chi connectivity index (χ2v) is 6.02. The summed E-state index contributed by atoms with van der Waals surface area (Å²) in [6.45, 7) is 5.59. The largest absolute Gasteiger partial charge is 0.495 e. The number of ether oxygens (including phenoxy) is 1. The average Bonchev–Trinajstić information content (AvgIpc) is 2.46. The number of anilines is 1. The molecule has 126 valence electrons. The Kier molecular flexibility index (Phi) is 6.12.